The summed E-state index contributed by atoms with van der Waals surface area (Å²) in [6.45, 7) is 6.44. The molecular weight excluding hydrogens is 236 g/mol. The molecule has 0 atom stereocenters. The zero-order valence-corrected chi connectivity index (χ0v) is 11.9. The van der Waals surface area contributed by atoms with Crippen LogP contribution >= 0.6 is 0 Å². The highest BCUT2D eigenvalue weighted by Gasteiger charge is 2.15. The van der Waals surface area contributed by atoms with E-state index in [0.717, 1.165) is 16.9 Å². The van der Waals surface area contributed by atoms with E-state index < -0.39 is 0 Å². The number of hydrogen-bond donors (Lipinski definition) is 1. The Morgan fingerprint density at radius 1 is 1.11 bits per heavy atom. The van der Waals surface area contributed by atoms with E-state index in [2.05, 4.69) is 30.7 Å². The molecule has 0 fully saturated rings. The molecule has 1 aromatic heterocycles. The van der Waals surface area contributed by atoms with Gasteiger partial charge in [0.15, 0.2) is 0 Å². The van der Waals surface area contributed by atoms with Crippen LogP contribution < -0.4 is 10.6 Å². The third-order valence-corrected chi connectivity index (χ3v) is 3.06. The van der Waals surface area contributed by atoms with E-state index in [1.54, 1.807) is 0 Å². The quantitative estimate of drug-likeness (QED) is 0.839. The monoisotopic (exact) mass is 256 g/mol. The summed E-state index contributed by atoms with van der Waals surface area (Å²) in [6, 6.07) is 7.67. The lowest BCUT2D eigenvalue weighted by atomic mass is 9.89. The minimum absolute atomic E-state index is 0.0638. The molecule has 2 N–H and O–H groups in total. The van der Waals surface area contributed by atoms with Crippen LogP contribution in [0.4, 0.5) is 17.3 Å². The summed E-state index contributed by atoms with van der Waals surface area (Å²) in [5, 5.41) is 0. The largest absolute Gasteiger partial charge is 0.399 e. The Morgan fingerprint density at radius 2 is 1.74 bits per heavy atom. The Kier molecular flexibility index (Phi) is 3.42. The summed E-state index contributed by atoms with van der Waals surface area (Å²) in [5.41, 5.74) is 8.68. The van der Waals surface area contributed by atoms with E-state index in [1.165, 1.54) is 0 Å². The van der Waals surface area contributed by atoms with Crippen LogP contribution in [0, 0.1) is 0 Å². The Morgan fingerprint density at radius 3 is 2.26 bits per heavy atom. The minimum Gasteiger partial charge on any atom is -0.399 e. The summed E-state index contributed by atoms with van der Waals surface area (Å²) in [7, 11) is 1.93. The van der Waals surface area contributed by atoms with Gasteiger partial charge in [-0.2, -0.15) is 0 Å². The molecule has 100 valence electrons. The van der Waals surface area contributed by atoms with Gasteiger partial charge in [-0.25, -0.2) is 9.97 Å². The van der Waals surface area contributed by atoms with Crippen molar-refractivity contribution in [1.82, 2.24) is 9.97 Å². The lowest BCUT2D eigenvalue weighted by molar-refractivity contribution is 0.584. The maximum Gasteiger partial charge on any atom is 0.229 e. The number of anilines is 3. The number of rotatable bonds is 2. The van der Waals surface area contributed by atoms with E-state index in [-0.39, 0.29) is 5.41 Å². The van der Waals surface area contributed by atoms with Crippen molar-refractivity contribution in [2.24, 2.45) is 0 Å². The number of nitrogens with two attached hydrogens (primary N) is 1. The normalized spacial score (nSPS) is 11.4. The van der Waals surface area contributed by atoms with Crippen LogP contribution in [0.5, 0.6) is 0 Å². The first-order valence-corrected chi connectivity index (χ1v) is 6.30. The van der Waals surface area contributed by atoms with Crippen molar-refractivity contribution in [3.8, 4) is 0 Å². The predicted molar refractivity (Wildman–Crippen MR) is 79.6 cm³/mol. The van der Waals surface area contributed by atoms with Gasteiger partial charge in [0, 0.05) is 30.8 Å². The first kappa shape index (κ1) is 13.3. The maximum absolute atomic E-state index is 5.79. The molecule has 4 nitrogen and oxygen atoms in total. The molecule has 4 heteroatoms. The van der Waals surface area contributed by atoms with E-state index in [9.17, 15) is 0 Å². The Balaban J connectivity index is 2.27. The second-order valence-electron chi connectivity index (χ2n) is 5.68. The highest BCUT2D eigenvalue weighted by Crippen LogP contribution is 2.24. The van der Waals surface area contributed by atoms with Crippen molar-refractivity contribution in [2.45, 2.75) is 26.2 Å². The van der Waals surface area contributed by atoms with Gasteiger partial charge in [-0.1, -0.05) is 26.8 Å². The molecule has 2 aromatic rings. The topological polar surface area (TPSA) is 55.0 Å². The molecule has 0 radical (unpaired) electrons. The van der Waals surface area contributed by atoms with Crippen LogP contribution in [0.2, 0.25) is 0 Å². The Labute approximate surface area is 114 Å². The van der Waals surface area contributed by atoms with Gasteiger partial charge in [-0.3, -0.25) is 0 Å². The molecule has 1 aromatic carbocycles. The van der Waals surface area contributed by atoms with Crippen molar-refractivity contribution in [3.63, 3.8) is 0 Å². The molecule has 0 aliphatic heterocycles. The third kappa shape index (κ3) is 3.02. The second kappa shape index (κ2) is 4.88. The SMILES string of the molecule is CN(c1cccc(N)c1)c1ncc(C(C)(C)C)cn1. The first-order valence-electron chi connectivity index (χ1n) is 6.30. The predicted octanol–water partition coefficient (Wildman–Crippen LogP) is 3.12. The molecule has 0 bridgehead atoms. The minimum atomic E-state index is 0.0638. The molecule has 1 heterocycles. The molecule has 0 saturated heterocycles. The fourth-order valence-electron chi connectivity index (χ4n) is 1.73. The van der Waals surface area contributed by atoms with Crippen LogP contribution in [0.3, 0.4) is 0 Å². The van der Waals surface area contributed by atoms with Crippen LogP contribution in [0.1, 0.15) is 26.3 Å². The Hall–Kier alpha value is -2.10. The van der Waals surface area contributed by atoms with Gasteiger partial charge in [0.05, 0.1) is 0 Å². The average Bonchev–Trinajstić information content (AvgIpc) is 2.37. The number of aromatic nitrogens is 2. The van der Waals surface area contributed by atoms with Gasteiger partial charge in [-0.05, 0) is 29.2 Å². The fourth-order valence-corrected chi connectivity index (χ4v) is 1.73. The standard InChI is InChI=1S/C15H20N4/c1-15(2,3)11-9-17-14(18-10-11)19(4)13-7-5-6-12(16)8-13/h5-10H,16H2,1-4H3. The second-order valence-corrected chi connectivity index (χ2v) is 5.68. The zero-order chi connectivity index (χ0) is 14.0. The highest BCUT2D eigenvalue weighted by atomic mass is 15.2. The van der Waals surface area contributed by atoms with Gasteiger partial charge in [-0.15, -0.1) is 0 Å². The molecule has 0 aliphatic carbocycles. The molecule has 0 unspecified atom stereocenters. The average molecular weight is 256 g/mol. The number of nitrogens with zero attached hydrogens (tertiary/aromatic N) is 3. The highest BCUT2D eigenvalue weighted by molar-refractivity contribution is 5.61. The smallest absolute Gasteiger partial charge is 0.229 e. The summed E-state index contributed by atoms with van der Waals surface area (Å²) < 4.78 is 0. The van der Waals surface area contributed by atoms with Crippen LogP contribution in [-0.4, -0.2) is 17.0 Å². The number of nitrogen functional groups attached to an aromatic ring is 1. The lowest BCUT2D eigenvalue weighted by Crippen LogP contribution is -2.16. The van der Waals surface area contributed by atoms with Crippen molar-refractivity contribution in [3.05, 3.63) is 42.2 Å². The molecule has 2 rings (SSSR count). The third-order valence-electron chi connectivity index (χ3n) is 3.06. The van der Waals surface area contributed by atoms with Gasteiger partial charge in [0.25, 0.3) is 0 Å². The number of benzene rings is 1. The van der Waals surface area contributed by atoms with Gasteiger partial charge < -0.3 is 10.6 Å². The van der Waals surface area contributed by atoms with E-state index in [1.807, 2.05) is 48.6 Å². The van der Waals surface area contributed by atoms with Crippen molar-refractivity contribution in [1.29, 1.82) is 0 Å². The molecule has 0 saturated carbocycles. The molecule has 19 heavy (non-hydrogen) atoms. The maximum atomic E-state index is 5.79. The van der Waals surface area contributed by atoms with Crippen molar-refractivity contribution < 1.29 is 0 Å². The zero-order valence-electron chi connectivity index (χ0n) is 11.9. The molecule has 0 aliphatic rings. The fraction of sp³-hybridized carbons (Fsp3) is 0.333. The molecular formula is C15H20N4. The van der Waals surface area contributed by atoms with Gasteiger partial charge >= 0.3 is 0 Å². The summed E-state index contributed by atoms with van der Waals surface area (Å²) in [6.07, 6.45) is 3.76. The Bertz CT molecular complexity index is 555. The van der Waals surface area contributed by atoms with E-state index >= 15 is 0 Å². The van der Waals surface area contributed by atoms with E-state index in [0.29, 0.717) is 5.95 Å². The van der Waals surface area contributed by atoms with Gasteiger partial charge in [0.2, 0.25) is 5.95 Å². The van der Waals surface area contributed by atoms with Gasteiger partial charge in [0.1, 0.15) is 0 Å². The first-order chi connectivity index (χ1) is 8.88. The molecule has 0 spiro atoms. The van der Waals surface area contributed by atoms with Crippen LogP contribution in [0.25, 0.3) is 0 Å². The summed E-state index contributed by atoms with van der Waals surface area (Å²) in [5.74, 6) is 0.665. The summed E-state index contributed by atoms with van der Waals surface area (Å²) >= 11 is 0. The van der Waals surface area contributed by atoms with Crippen molar-refractivity contribution >= 4 is 17.3 Å². The lowest BCUT2D eigenvalue weighted by Gasteiger charge is -2.21. The van der Waals surface area contributed by atoms with Crippen molar-refractivity contribution in [2.75, 3.05) is 17.7 Å². The van der Waals surface area contributed by atoms with Crippen LogP contribution in [0.15, 0.2) is 36.7 Å². The molecule has 0 amide bonds. The summed E-state index contributed by atoms with van der Waals surface area (Å²) in [4.78, 5) is 10.8. The van der Waals surface area contributed by atoms with Crippen LogP contribution in [-0.2, 0) is 5.41 Å². The van der Waals surface area contributed by atoms with E-state index in [4.69, 9.17) is 5.73 Å². The number of hydrogen-bond acceptors (Lipinski definition) is 4.